The molecule has 0 aliphatic carbocycles. The maximum absolute atomic E-state index is 13.2. The summed E-state index contributed by atoms with van der Waals surface area (Å²) < 4.78 is 6.10. The number of hydrogen-bond acceptors (Lipinski definition) is 9. The largest absolute Gasteiger partial charge is 0.465 e. The number of nitro groups is 1. The molecule has 12 heteroatoms. The monoisotopic (exact) mass is 452 g/mol. The second kappa shape index (κ2) is 8.15. The number of thiophene rings is 1. The van der Waals surface area contributed by atoms with Gasteiger partial charge in [0.15, 0.2) is 0 Å². The fraction of sp³-hybridized carbons (Fsp3) is 0.150. The van der Waals surface area contributed by atoms with Gasteiger partial charge in [0.1, 0.15) is 17.0 Å². The Kier molecular flexibility index (Phi) is 5.36. The van der Waals surface area contributed by atoms with Gasteiger partial charge in [0, 0.05) is 22.6 Å². The lowest BCUT2D eigenvalue weighted by Crippen LogP contribution is -2.18. The average molecular weight is 452 g/mol. The Morgan fingerprint density at radius 3 is 2.75 bits per heavy atom. The Balaban J connectivity index is 1.79. The summed E-state index contributed by atoms with van der Waals surface area (Å²) >= 11 is 1.25. The van der Waals surface area contributed by atoms with Gasteiger partial charge >= 0.3 is 5.97 Å². The lowest BCUT2D eigenvalue weighted by Gasteiger charge is -2.09. The van der Waals surface area contributed by atoms with E-state index in [0.29, 0.717) is 16.3 Å². The van der Waals surface area contributed by atoms with Crippen LogP contribution in [0.4, 0.5) is 10.7 Å². The number of nitro benzene ring substituents is 1. The van der Waals surface area contributed by atoms with Crippen molar-refractivity contribution in [2.45, 2.75) is 13.8 Å². The van der Waals surface area contributed by atoms with Crippen LogP contribution in [0.15, 0.2) is 36.7 Å². The summed E-state index contributed by atoms with van der Waals surface area (Å²) in [6.07, 6.45) is 1.25. The van der Waals surface area contributed by atoms with Crippen LogP contribution in [-0.2, 0) is 4.74 Å². The second-order valence-electron chi connectivity index (χ2n) is 6.74. The van der Waals surface area contributed by atoms with Gasteiger partial charge in [-0.1, -0.05) is 12.1 Å². The molecular formula is C20H16N6O5S. The number of rotatable bonds is 5. The van der Waals surface area contributed by atoms with Crippen molar-refractivity contribution in [1.82, 2.24) is 19.6 Å². The molecule has 1 aromatic carbocycles. The lowest BCUT2D eigenvalue weighted by molar-refractivity contribution is -0.384. The second-order valence-corrected chi connectivity index (χ2v) is 7.96. The molecule has 3 heterocycles. The van der Waals surface area contributed by atoms with Crippen LogP contribution in [0.5, 0.6) is 0 Å². The van der Waals surface area contributed by atoms with Gasteiger partial charge in [-0.05, 0) is 25.5 Å². The van der Waals surface area contributed by atoms with Gasteiger partial charge < -0.3 is 10.1 Å². The zero-order chi connectivity index (χ0) is 23.0. The highest BCUT2D eigenvalue weighted by Crippen LogP contribution is 2.33. The molecule has 0 spiro atoms. The molecule has 1 N–H and O–H groups in total. The van der Waals surface area contributed by atoms with E-state index in [2.05, 4.69) is 20.4 Å². The topological polar surface area (TPSA) is 142 Å². The number of carbonyl (C=O) groups excluding carboxylic acids is 2. The number of non-ortho nitro benzene ring substituents is 1. The molecule has 0 saturated carbocycles. The minimum Gasteiger partial charge on any atom is -0.465 e. The highest BCUT2D eigenvalue weighted by molar-refractivity contribution is 7.16. The van der Waals surface area contributed by atoms with Gasteiger partial charge in [-0.3, -0.25) is 14.9 Å². The number of esters is 1. The van der Waals surface area contributed by atoms with E-state index in [1.165, 1.54) is 53.6 Å². The van der Waals surface area contributed by atoms with Crippen LogP contribution >= 0.6 is 11.3 Å². The van der Waals surface area contributed by atoms with Crippen LogP contribution in [0.25, 0.3) is 17.0 Å². The van der Waals surface area contributed by atoms with Gasteiger partial charge in [-0.2, -0.15) is 14.6 Å². The van der Waals surface area contributed by atoms with Crippen LogP contribution in [0.3, 0.4) is 0 Å². The fourth-order valence-electron chi connectivity index (χ4n) is 3.13. The Hall–Kier alpha value is -4.19. The number of amides is 1. The number of anilines is 1. The number of aryl methyl sites for hydroxylation is 1. The molecule has 32 heavy (non-hydrogen) atoms. The van der Waals surface area contributed by atoms with Crippen LogP contribution in [0.1, 0.15) is 31.3 Å². The van der Waals surface area contributed by atoms with Gasteiger partial charge in [0.25, 0.3) is 17.4 Å². The van der Waals surface area contributed by atoms with Crippen molar-refractivity contribution >= 4 is 39.7 Å². The minimum atomic E-state index is -0.555. The van der Waals surface area contributed by atoms with E-state index >= 15 is 0 Å². The molecule has 0 bridgehead atoms. The molecule has 4 aromatic rings. The third kappa shape index (κ3) is 3.67. The molecule has 11 nitrogen and oxygen atoms in total. The van der Waals surface area contributed by atoms with Crippen molar-refractivity contribution in [1.29, 1.82) is 0 Å². The number of methoxy groups -OCH3 is 1. The first-order valence-corrected chi connectivity index (χ1v) is 10.1. The molecule has 162 valence electrons. The smallest absolute Gasteiger partial charge is 0.341 e. The van der Waals surface area contributed by atoms with Gasteiger partial charge in [0.05, 0.1) is 23.3 Å². The van der Waals surface area contributed by atoms with Crippen molar-refractivity contribution in [3.05, 3.63) is 68.5 Å². The van der Waals surface area contributed by atoms with Crippen molar-refractivity contribution in [3.63, 3.8) is 0 Å². The Labute approximate surface area is 184 Å². The van der Waals surface area contributed by atoms with Crippen LogP contribution in [0, 0.1) is 24.0 Å². The number of ether oxygens (including phenoxy) is 1. The predicted molar refractivity (Wildman–Crippen MR) is 116 cm³/mol. The van der Waals surface area contributed by atoms with E-state index in [-0.39, 0.29) is 22.7 Å². The van der Waals surface area contributed by atoms with Crippen LogP contribution in [-0.4, -0.2) is 43.5 Å². The molecule has 0 fully saturated rings. The Morgan fingerprint density at radius 1 is 1.25 bits per heavy atom. The van der Waals surface area contributed by atoms with Gasteiger partial charge in [-0.15, -0.1) is 11.3 Å². The Morgan fingerprint density at radius 2 is 2.03 bits per heavy atom. The van der Waals surface area contributed by atoms with E-state index in [9.17, 15) is 19.7 Å². The molecule has 0 saturated heterocycles. The lowest BCUT2D eigenvalue weighted by atomic mass is 10.1. The molecule has 4 rings (SSSR count). The average Bonchev–Trinajstić information content (AvgIpc) is 3.36. The molecule has 0 radical (unpaired) electrons. The summed E-state index contributed by atoms with van der Waals surface area (Å²) in [6.45, 7) is 3.61. The first kappa shape index (κ1) is 21.1. The molecule has 0 aliphatic heterocycles. The van der Waals surface area contributed by atoms with E-state index in [1.54, 1.807) is 13.0 Å². The van der Waals surface area contributed by atoms with Crippen molar-refractivity contribution in [2.75, 3.05) is 12.4 Å². The zero-order valence-corrected chi connectivity index (χ0v) is 18.0. The maximum Gasteiger partial charge on any atom is 0.341 e. The SMILES string of the molecule is COC(=O)c1c(NC(=O)c2cc(-c3cccc([N+](=O)[O-])c3)nc3ncnn23)sc(C)c1C. The van der Waals surface area contributed by atoms with Crippen LogP contribution < -0.4 is 5.32 Å². The fourth-order valence-corrected chi connectivity index (χ4v) is 4.17. The Bertz CT molecular complexity index is 1390. The summed E-state index contributed by atoms with van der Waals surface area (Å²) in [6, 6.07) is 7.36. The molecule has 0 unspecified atom stereocenters. The number of benzene rings is 1. The molecule has 0 atom stereocenters. The summed E-state index contributed by atoms with van der Waals surface area (Å²) in [5, 5.41) is 18.3. The predicted octanol–water partition coefficient (Wildman–Crippen LogP) is 3.42. The first-order chi connectivity index (χ1) is 15.3. The summed E-state index contributed by atoms with van der Waals surface area (Å²) in [5.74, 6) is -0.966. The summed E-state index contributed by atoms with van der Waals surface area (Å²) in [7, 11) is 1.27. The quantitative estimate of drug-likeness (QED) is 0.276. The first-order valence-electron chi connectivity index (χ1n) is 9.25. The molecule has 3 aromatic heterocycles. The minimum absolute atomic E-state index is 0.0912. The standard InChI is InChI=1S/C20H16N6O5S/c1-10-11(2)32-18(16(10)19(28)31-3)24-17(27)15-8-14(23-20-21-9-22-25(15)20)12-5-4-6-13(7-12)26(29)30/h4-9H,1-3H3,(H,24,27). The number of aromatic nitrogens is 4. The van der Waals surface area contributed by atoms with E-state index < -0.39 is 16.8 Å². The number of nitrogens with zero attached hydrogens (tertiary/aromatic N) is 5. The number of carbonyl (C=O) groups is 2. The summed E-state index contributed by atoms with van der Waals surface area (Å²) in [5.41, 5.74) is 1.74. The van der Waals surface area contributed by atoms with Gasteiger partial charge in [0.2, 0.25) is 0 Å². The van der Waals surface area contributed by atoms with Crippen molar-refractivity contribution < 1.29 is 19.2 Å². The zero-order valence-electron chi connectivity index (χ0n) is 17.1. The van der Waals surface area contributed by atoms with Crippen LogP contribution in [0.2, 0.25) is 0 Å². The number of fused-ring (bicyclic) bond motifs is 1. The van der Waals surface area contributed by atoms with E-state index in [1.807, 2.05) is 6.92 Å². The van der Waals surface area contributed by atoms with E-state index in [0.717, 1.165) is 10.4 Å². The highest BCUT2D eigenvalue weighted by Gasteiger charge is 2.24. The number of nitrogens with one attached hydrogen (secondary N) is 1. The normalized spacial score (nSPS) is 10.8. The molecule has 1 amide bonds. The third-order valence-electron chi connectivity index (χ3n) is 4.84. The molecule has 0 aliphatic rings. The van der Waals surface area contributed by atoms with Crippen molar-refractivity contribution in [2.24, 2.45) is 0 Å². The van der Waals surface area contributed by atoms with E-state index in [4.69, 9.17) is 4.74 Å². The summed E-state index contributed by atoms with van der Waals surface area (Å²) in [4.78, 5) is 45.3. The van der Waals surface area contributed by atoms with Gasteiger partial charge in [-0.25, -0.2) is 9.78 Å². The maximum atomic E-state index is 13.2. The number of hydrogen-bond donors (Lipinski definition) is 1. The molecular weight excluding hydrogens is 436 g/mol. The third-order valence-corrected chi connectivity index (χ3v) is 5.96. The highest BCUT2D eigenvalue weighted by atomic mass is 32.1. The van der Waals surface area contributed by atoms with Crippen molar-refractivity contribution in [3.8, 4) is 11.3 Å².